The van der Waals surface area contributed by atoms with E-state index in [9.17, 15) is 4.79 Å². The maximum Gasteiger partial charge on any atom is 0.222 e. The summed E-state index contributed by atoms with van der Waals surface area (Å²) in [6, 6.07) is 7.71. The first-order chi connectivity index (χ1) is 8.74. The highest BCUT2D eigenvalue weighted by Gasteiger charge is 2.22. The third kappa shape index (κ3) is 1.97. The first kappa shape index (κ1) is 11.2. The summed E-state index contributed by atoms with van der Waals surface area (Å²) in [5.74, 6) is 0.718. The molecule has 1 aromatic carbocycles. The summed E-state index contributed by atoms with van der Waals surface area (Å²) >= 11 is 6.00. The van der Waals surface area contributed by atoms with E-state index >= 15 is 0 Å². The molecule has 0 bridgehead atoms. The molecule has 0 aliphatic carbocycles. The van der Waals surface area contributed by atoms with Crippen molar-refractivity contribution in [1.29, 1.82) is 0 Å². The average molecular weight is 263 g/mol. The Morgan fingerprint density at radius 1 is 1.28 bits per heavy atom. The van der Waals surface area contributed by atoms with Crippen LogP contribution in [0.5, 0.6) is 0 Å². The zero-order chi connectivity index (χ0) is 12.5. The molecule has 18 heavy (non-hydrogen) atoms. The van der Waals surface area contributed by atoms with Gasteiger partial charge in [0.1, 0.15) is 0 Å². The smallest absolute Gasteiger partial charge is 0.222 e. The Bertz CT molecular complexity index is 616. The Labute approximate surface area is 109 Å². The number of benzene rings is 1. The molecule has 1 atom stereocenters. The van der Waals surface area contributed by atoms with Crippen LogP contribution >= 0.6 is 11.6 Å². The molecule has 1 aliphatic heterocycles. The molecule has 2 heterocycles. The summed E-state index contributed by atoms with van der Waals surface area (Å²) in [6.07, 6.45) is 0.457. The van der Waals surface area contributed by atoms with Gasteiger partial charge in [-0.3, -0.25) is 4.79 Å². The van der Waals surface area contributed by atoms with Crippen molar-refractivity contribution in [2.45, 2.75) is 12.5 Å². The molecule has 1 aliphatic rings. The lowest BCUT2D eigenvalue weighted by Gasteiger charge is -2.12. The predicted octanol–water partition coefficient (Wildman–Crippen LogP) is 1.58. The lowest BCUT2D eigenvalue weighted by Crippen LogP contribution is -2.23. The van der Waals surface area contributed by atoms with Crippen LogP contribution in [0.4, 0.5) is 5.82 Å². The van der Waals surface area contributed by atoms with Gasteiger partial charge in [0.15, 0.2) is 11.0 Å². The molecule has 0 spiro atoms. The third-order valence-electron chi connectivity index (χ3n) is 2.96. The van der Waals surface area contributed by atoms with Crippen molar-refractivity contribution in [3.05, 3.63) is 29.4 Å². The number of nitrogens with zero attached hydrogens (tertiary/aromatic N) is 2. The van der Waals surface area contributed by atoms with E-state index in [0.717, 1.165) is 10.8 Å². The Hall–Kier alpha value is -1.88. The second-order valence-corrected chi connectivity index (χ2v) is 4.59. The van der Waals surface area contributed by atoms with Gasteiger partial charge in [-0.05, 0) is 0 Å². The van der Waals surface area contributed by atoms with Crippen molar-refractivity contribution in [3.8, 4) is 0 Å². The van der Waals surface area contributed by atoms with Crippen LogP contribution in [-0.4, -0.2) is 28.7 Å². The van der Waals surface area contributed by atoms with Crippen LogP contribution in [0.1, 0.15) is 6.42 Å². The van der Waals surface area contributed by atoms with Gasteiger partial charge in [-0.15, -0.1) is 10.2 Å². The summed E-state index contributed by atoms with van der Waals surface area (Å²) in [5.41, 5.74) is 0. The minimum absolute atomic E-state index is 0.0522. The molecule has 3 rings (SSSR count). The molecule has 2 aromatic rings. The van der Waals surface area contributed by atoms with Gasteiger partial charge in [-0.2, -0.15) is 0 Å². The fraction of sp³-hybridized carbons (Fsp3) is 0.250. The fourth-order valence-corrected chi connectivity index (χ4v) is 2.28. The van der Waals surface area contributed by atoms with Crippen molar-refractivity contribution in [1.82, 2.24) is 15.5 Å². The van der Waals surface area contributed by atoms with Gasteiger partial charge in [0, 0.05) is 23.7 Å². The summed E-state index contributed by atoms with van der Waals surface area (Å²) in [6.45, 7) is 0.609. The minimum Gasteiger partial charge on any atom is -0.363 e. The summed E-state index contributed by atoms with van der Waals surface area (Å²) in [4.78, 5) is 11.2. The molecule has 1 aromatic heterocycles. The number of hydrogen-bond acceptors (Lipinski definition) is 4. The number of fused-ring (bicyclic) bond motifs is 1. The Morgan fingerprint density at radius 3 is 2.78 bits per heavy atom. The van der Waals surface area contributed by atoms with Gasteiger partial charge in [0.25, 0.3) is 0 Å². The van der Waals surface area contributed by atoms with Crippen LogP contribution in [0.25, 0.3) is 10.8 Å². The monoisotopic (exact) mass is 262 g/mol. The lowest BCUT2D eigenvalue weighted by molar-refractivity contribution is -0.119. The molecule has 1 saturated heterocycles. The van der Waals surface area contributed by atoms with Gasteiger partial charge in [-0.1, -0.05) is 35.9 Å². The first-order valence-corrected chi connectivity index (χ1v) is 6.06. The van der Waals surface area contributed by atoms with E-state index in [4.69, 9.17) is 11.6 Å². The van der Waals surface area contributed by atoms with Crippen molar-refractivity contribution in [2.24, 2.45) is 0 Å². The molecule has 0 saturated carbocycles. The zero-order valence-corrected chi connectivity index (χ0v) is 10.2. The Kier molecular flexibility index (Phi) is 2.76. The molecule has 6 heteroatoms. The Balaban J connectivity index is 1.97. The molecule has 5 nitrogen and oxygen atoms in total. The molecule has 0 radical (unpaired) electrons. The van der Waals surface area contributed by atoms with Crippen molar-refractivity contribution < 1.29 is 4.79 Å². The normalized spacial score (nSPS) is 18.9. The number of halogens is 1. The van der Waals surface area contributed by atoms with Crippen molar-refractivity contribution in [3.63, 3.8) is 0 Å². The maximum absolute atomic E-state index is 11.2. The SMILES string of the molecule is O=C1CC(Nc2nnc(Cl)c3ccccc23)CN1. The molecule has 1 unspecified atom stereocenters. The second-order valence-electron chi connectivity index (χ2n) is 4.23. The van der Waals surface area contributed by atoms with Crippen LogP contribution < -0.4 is 10.6 Å². The molecular formula is C12H11ClN4O. The quantitative estimate of drug-likeness (QED) is 0.862. The molecule has 1 amide bonds. The molecule has 92 valence electrons. The number of anilines is 1. The van der Waals surface area contributed by atoms with Crippen LogP contribution in [0.15, 0.2) is 24.3 Å². The molecule has 2 N–H and O–H groups in total. The lowest BCUT2D eigenvalue weighted by atomic mass is 10.2. The number of amides is 1. The number of carbonyl (C=O) groups is 1. The van der Waals surface area contributed by atoms with Crippen molar-refractivity contribution >= 4 is 34.1 Å². The fourth-order valence-electron chi connectivity index (χ4n) is 2.08. The van der Waals surface area contributed by atoms with Crippen molar-refractivity contribution in [2.75, 3.05) is 11.9 Å². The summed E-state index contributed by atoms with van der Waals surface area (Å²) in [7, 11) is 0. The largest absolute Gasteiger partial charge is 0.363 e. The van der Waals surface area contributed by atoms with E-state index in [2.05, 4.69) is 20.8 Å². The topological polar surface area (TPSA) is 66.9 Å². The standard InChI is InChI=1S/C12H11ClN4O/c13-11-8-3-1-2-4-9(8)12(17-16-11)15-7-5-10(18)14-6-7/h1-4,7H,5-6H2,(H,14,18)(H,15,17). The van der Waals surface area contributed by atoms with E-state index in [1.165, 1.54) is 0 Å². The van der Waals surface area contributed by atoms with Gasteiger partial charge < -0.3 is 10.6 Å². The minimum atomic E-state index is 0.0522. The second kappa shape index (κ2) is 4.42. The maximum atomic E-state index is 11.2. The van der Waals surface area contributed by atoms with Crippen LogP contribution in [0.3, 0.4) is 0 Å². The number of hydrogen-bond donors (Lipinski definition) is 2. The summed E-state index contributed by atoms with van der Waals surface area (Å²) in [5, 5.41) is 16.1. The van der Waals surface area contributed by atoms with E-state index in [-0.39, 0.29) is 11.9 Å². The Morgan fingerprint density at radius 2 is 2.06 bits per heavy atom. The van der Waals surface area contributed by atoms with E-state index in [1.54, 1.807) is 0 Å². The number of aromatic nitrogens is 2. The van der Waals surface area contributed by atoms with E-state index in [0.29, 0.717) is 23.9 Å². The third-order valence-corrected chi connectivity index (χ3v) is 3.24. The van der Waals surface area contributed by atoms with E-state index < -0.39 is 0 Å². The van der Waals surface area contributed by atoms with Gasteiger partial charge in [0.05, 0.1) is 6.04 Å². The zero-order valence-electron chi connectivity index (χ0n) is 9.48. The molecule has 1 fully saturated rings. The average Bonchev–Trinajstić information content (AvgIpc) is 2.79. The van der Waals surface area contributed by atoms with Crippen LogP contribution in [0.2, 0.25) is 5.15 Å². The van der Waals surface area contributed by atoms with Gasteiger partial charge in [-0.25, -0.2) is 0 Å². The van der Waals surface area contributed by atoms with E-state index in [1.807, 2.05) is 24.3 Å². The van der Waals surface area contributed by atoms with Gasteiger partial charge >= 0.3 is 0 Å². The highest BCUT2D eigenvalue weighted by Crippen LogP contribution is 2.26. The number of nitrogens with one attached hydrogen (secondary N) is 2. The predicted molar refractivity (Wildman–Crippen MR) is 69.6 cm³/mol. The number of carbonyl (C=O) groups excluding carboxylic acids is 1. The summed E-state index contributed by atoms with van der Waals surface area (Å²) < 4.78 is 0. The molecular weight excluding hydrogens is 252 g/mol. The van der Waals surface area contributed by atoms with Crippen LogP contribution in [-0.2, 0) is 4.79 Å². The highest BCUT2D eigenvalue weighted by molar-refractivity contribution is 6.34. The van der Waals surface area contributed by atoms with Crippen LogP contribution in [0, 0.1) is 0 Å². The van der Waals surface area contributed by atoms with Gasteiger partial charge in [0.2, 0.25) is 5.91 Å². The highest BCUT2D eigenvalue weighted by atomic mass is 35.5. The number of rotatable bonds is 2. The first-order valence-electron chi connectivity index (χ1n) is 5.68.